The van der Waals surface area contributed by atoms with Gasteiger partial charge in [0.1, 0.15) is 0 Å². The van der Waals surface area contributed by atoms with Gasteiger partial charge in [-0.05, 0) is 12.7 Å². The molecule has 0 saturated carbocycles. The number of nitrogens with one attached hydrogen (secondary N) is 1. The number of carboxylic acid groups (broad SMARTS) is 1. The van der Waals surface area contributed by atoms with Crippen molar-refractivity contribution in [1.29, 1.82) is 0 Å². The van der Waals surface area contributed by atoms with Gasteiger partial charge in [-0.15, -0.1) is 11.8 Å². The fourth-order valence-corrected chi connectivity index (χ4v) is 2.06. The Kier molecular flexibility index (Phi) is 3.15. The van der Waals surface area contributed by atoms with Crippen LogP contribution in [0.25, 0.3) is 0 Å². The van der Waals surface area contributed by atoms with Crippen LogP contribution in [0.1, 0.15) is 19.3 Å². The number of ketones is 1. The van der Waals surface area contributed by atoms with Gasteiger partial charge >= 0.3 is 5.97 Å². The van der Waals surface area contributed by atoms with Crippen LogP contribution in [0.3, 0.4) is 0 Å². The van der Waals surface area contributed by atoms with Gasteiger partial charge < -0.3 is 10.4 Å². The number of hydrogen-bond donors (Lipinski definition) is 2. The molecule has 0 aromatic heterocycles. The normalized spacial score (nSPS) is 28.1. The van der Waals surface area contributed by atoms with E-state index in [-0.39, 0.29) is 18.7 Å². The molecular weight excluding hydrogens is 206 g/mol. The molecule has 0 aromatic carbocycles. The Balaban J connectivity index is 3.04. The summed E-state index contributed by atoms with van der Waals surface area (Å²) in [6.45, 7) is 0. The molecule has 14 heavy (non-hydrogen) atoms. The van der Waals surface area contributed by atoms with E-state index in [0.29, 0.717) is 6.42 Å². The molecule has 6 heteroatoms. The van der Waals surface area contributed by atoms with Gasteiger partial charge in [0.15, 0.2) is 5.78 Å². The van der Waals surface area contributed by atoms with Crippen molar-refractivity contribution in [2.75, 3.05) is 6.26 Å². The number of amides is 1. The number of thioether (sulfide) groups is 1. The van der Waals surface area contributed by atoms with E-state index >= 15 is 0 Å². The van der Waals surface area contributed by atoms with Gasteiger partial charge in [-0.2, -0.15) is 0 Å². The van der Waals surface area contributed by atoms with Crippen molar-refractivity contribution in [3.63, 3.8) is 0 Å². The fourth-order valence-electron chi connectivity index (χ4n) is 1.34. The first-order chi connectivity index (χ1) is 6.53. The number of carboxylic acids is 1. The SMILES string of the molecule is CSC1(C(=O)O)NC(=O)CCCC1=O. The van der Waals surface area contributed by atoms with Gasteiger partial charge in [0.2, 0.25) is 10.8 Å². The summed E-state index contributed by atoms with van der Waals surface area (Å²) in [5.41, 5.74) is 0. The van der Waals surface area contributed by atoms with Crippen molar-refractivity contribution in [3.05, 3.63) is 0 Å². The summed E-state index contributed by atoms with van der Waals surface area (Å²) in [4.78, 5) is 31.9. The van der Waals surface area contributed by atoms with Crippen molar-refractivity contribution in [3.8, 4) is 0 Å². The van der Waals surface area contributed by atoms with Gasteiger partial charge in [-0.3, -0.25) is 9.59 Å². The van der Waals surface area contributed by atoms with Crippen LogP contribution in [0.4, 0.5) is 0 Å². The maximum atomic E-state index is 11.5. The molecule has 1 aliphatic rings. The molecule has 1 fully saturated rings. The molecule has 5 nitrogen and oxygen atoms in total. The second-order valence-corrected chi connectivity index (χ2v) is 4.04. The summed E-state index contributed by atoms with van der Waals surface area (Å²) in [6.07, 6.45) is 2.26. The van der Waals surface area contributed by atoms with E-state index in [0.717, 1.165) is 11.8 Å². The Morgan fingerprint density at radius 3 is 2.64 bits per heavy atom. The lowest BCUT2D eigenvalue weighted by molar-refractivity contribution is -0.147. The molecule has 78 valence electrons. The lowest BCUT2D eigenvalue weighted by Gasteiger charge is -2.24. The number of Topliss-reactive ketones (excluding diaryl/α,β-unsaturated/α-hetero) is 1. The summed E-state index contributed by atoms with van der Waals surface area (Å²) in [6, 6.07) is 0. The Morgan fingerprint density at radius 2 is 2.14 bits per heavy atom. The zero-order chi connectivity index (χ0) is 10.8. The topological polar surface area (TPSA) is 83.5 Å². The van der Waals surface area contributed by atoms with Crippen LogP contribution >= 0.6 is 11.8 Å². The van der Waals surface area contributed by atoms with E-state index in [4.69, 9.17) is 5.11 Å². The average molecular weight is 217 g/mol. The van der Waals surface area contributed by atoms with E-state index in [1.54, 1.807) is 0 Å². The van der Waals surface area contributed by atoms with E-state index in [9.17, 15) is 14.4 Å². The smallest absolute Gasteiger partial charge is 0.348 e. The Bertz CT molecular complexity index is 291. The highest BCUT2D eigenvalue weighted by Crippen LogP contribution is 2.26. The minimum absolute atomic E-state index is 0.131. The largest absolute Gasteiger partial charge is 0.479 e. The number of rotatable bonds is 2. The third kappa shape index (κ3) is 1.75. The van der Waals surface area contributed by atoms with Gasteiger partial charge in [0.25, 0.3) is 0 Å². The van der Waals surface area contributed by atoms with Crippen molar-refractivity contribution in [2.45, 2.75) is 24.1 Å². The molecule has 1 heterocycles. The molecule has 0 aliphatic carbocycles. The Morgan fingerprint density at radius 1 is 1.50 bits per heavy atom. The summed E-state index contributed by atoms with van der Waals surface area (Å²) >= 11 is 0.845. The first-order valence-corrected chi connectivity index (χ1v) is 5.38. The molecule has 1 amide bonds. The highest BCUT2D eigenvalue weighted by Gasteiger charge is 2.47. The van der Waals surface area contributed by atoms with Crippen LogP contribution in [0.2, 0.25) is 0 Å². The Hall–Kier alpha value is -1.04. The van der Waals surface area contributed by atoms with Crippen LogP contribution in [-0.4, -0.2) is 33.9 Å². The number of carbonyl (C=O) groups excluding carboxylic acids is 2. The van der Waals surface area contributed by atoms with Crippen molar-refractivity contribution in [1.82, 2.24) is 5.32 Å². The minimum Gasteiger partial charge on any atom is -0.479 e. The fraction of sp³-hybridized carbons (Fsp3) is 0.625. The molecular formula is C8H11NO4S. The predicted octanol–water partition coefficient (Wildman–Crippen LogP) is -0.000500. The highest BCUT2D eigenvalue weighted by atomic mass is 32.2. The average Bonchev–Trinajstić information content (AvgIpc) is 2.26. The third-order valence-electron chi connectivity index (χ3n) is 2.12. The van der Waals surface area contributed by atoms with Gasteiger partial charge in [0, 0.05) is 12.8 Å². The Labute approximate surface area is 85.2 Å². The van der Waals surface area contributed by atoms with Crippen LogP contribution in [-0.2, 0) is 14.4 Å². The lowest BCUT2D eigenvalue weighted by atomic mass is 10.1. The minimum atomic E-state index is -1.77. The highest BCUT2D eigenvalue weighted by molar-refractivity contribution is 8.01. The van der Waals surface area contributed by atoms with Gasteiger partial charge in [0.05, 0.1) is 0 Å². The van der Waals surface area contributed by atoms with Crippen molar-refractivity contribution in [2.24, 2.45) is 0 Å². The summed E-state index contributed by atoms with van der Waals surface area (Å²) in [5, 5.41) is 11.2. The number of aliphatic carboxylic acids is 1. The zero-order valence-electron chi connectivity index (χ0n) is 7.70. The van der Waals surface area contributed by atoms with Crippen LogP contribution in [0.15, 0.2) is 0 Å². The lowest BCUT2D eigenvalue weighted by Crippen LogP contribution is -2.56. The second kappa shape index (κ2) is 4.00. The summed E-state index contributed by atoms with van der Waals surface area (Å²) < 4.78 is 0. The van der Waals surface area contributed by atoms with E-state index in [1.807, 2.05) is 0 Å². The summed E-state index contributed by atoms with van der Waals surface area (Å²) in [7, 11) is 0. The molecule has 1 aliphatic heterocycles. The molecule has 0 radical (unpaired) electrons. The second-order valence-electron chi connectivity index (χ2n) is 3.02. The molecule has 0 aromatic rings. The van der Waals surface area contributed by atoms with E-state index in [1.165, 1.54) is 6.26 Å². The zero-order valence-corrected chi connectivity index (χ0v) is 8.52. The van der Waals surface area contributed by atoms with Crippen LogP contribution in [0, 0.1) is 0 Å². The first-order valence-electron chi connectivity index (χ1n) is 4.16. The van der Waals surface area contributed by atoms with Crippen LogP contribution in [0.5, 0.6) is 0 Å². The summed E-state index contributed by atoms with van der Waals surface area (Å²) in [5.74, 6) is -2.12. The molecule has 1 rings (SSSR count). The van der Waals surface area contributed by atoms with Crippen molar-refractivity contribution < 1.29 is 19.5 Å². The maximum Gasteiger partial charge on any atom is 0.348 e. The van der Waals surface area contributed by atoms with E-state index in [2.05, 4.69) is 5.32 Å². The van der Waals surface area contributed by atoms with Crippen molar-refractivity contribution >= 4 is 29.4 Å². The van der Waals surface area contributed by atoms with E-state index < -0.39 is 16.6 Å². The predicted molar refractivity (Wildman–Crippen MR) is 50.9 cm³/mol. The number of hydrogen-bond acceptors (Lipinski definition) is 4. The standard InChI is InChI=1S/C8H11NO4S/c1-14-8(7(12)13)5(10)3-2-4-6(11)9-8/h2-4H2,1H3,(H,9,11)(H,12,13). The third-order valence-corrected chi connectivity index (χ3v) is 3.24. The first kappa shape index (κ1) is 11.0. The molecule has 2 N–H and O–H groups in total. The van der Waals surface area contributed by atoms with Crippen LogP contribution < -0.4 is 5.32 Å². The molecule has 1 unspecified atom stereocenters. The number of carbonyl (C=O) groups is 3. The molecule has 0 spiro atoms. The van der Waals surface area contributed by atoms with Gasteiger partial charge in [-0.1, -0.05) is 0 Å². The molecule has 0 bridgehead atoms. The van der Waals surface area contributed by atoms with Gasteiger partial charge in [-0.25, -0.2) is 4.79 Å². The maximum absolute atomic E-state index is 11.5. The molecule has 1 atom stereocenters. The molecule has 1 saturated heterocycles. The quantitative estimate of drug-likeness (QED) is 0.636. The monoisotopic (exact) mass is 217 g/mol.